The van der Waals surface area contributed by atoms with Gasteiger partial charge in [-0.3, -0.25) is 14.5 Å². The van der Waals surface area contributed by atoms with Crippen LogP contribution in [0.3, 0.4) is 0 Å². The van der Waals surface area contributed by atoms with Crippen LogP contribution in [-0.4, -0.2) is 34.3 Å². The molecule has 0 atom stereocenters. The fourth-order valence-corrected chi connectivity index (χ4v) is 2.78. The number of rotatable bonds is 6. The molecule has 146 valence electrons. The maximum absolute atomic E-state index is 12.1. The Bertz CT molecular complexity index is 925. The normalized spacial score (nSPS) is 11.3. The molecule has 0 saturated carbocycles. The maximum atomic E-state index is 12.1. The molecular weight excluding hydrogens is 352 g/mol. The molecule has 0 bridgehead atoms. The molecule has 0 saturated heterocycles. The summed E-state index contributed by atoms with van der Waals surface area (Å²) in [5.41, 5.74) is 3.40. The van der Waals surface area contributed by atoms with Gasteiger partial charge < -0.3 is 10.1 Å². The highest BCUT2D eigenvalue weighted by atomic mass is 16.5. The van der Waals surface area contributed by atoms with Gasteiger partial charge in [-0.05, 0) is 42.5 Å². The molecule has 1 N–H and O–H groups in total. The van der Waals surface area contributed by atoms with Crippen molar-refractivity contribution in [3.63, 3.8) is 0 Å². The van der Waals surface area contributed by atoms with Crippen LogP contribution in [0.4, 0.5) is 0 Å². The Hall–Kier alpha value is -3.15. The second-order valence-electron chi connectivity index (χ2n) is 7.61. The average Bonchev–Trinajstić information content (AvgIpc) is 3.12. The number of carbonyl (C=O) groups is 1. The molecule has 6 nitrogen and oxygen atoms in total. The van der Waals surface area contributed by atoms with E-state index in [1.165, 1.54) is 0 Å². The molecule has 2 heterocycles. The number of carbonyl (C=O) groups excluding carboxylic acids is 1. The van der Waals surface area contributed by atoms with Crippen LogP contribution in [0.15, 0.2) is 54.9 Å². The van der Waals surface area contributed by atoms with E-state index in [9.17, 15) is 4.79 Å². The van der Waals surface area contributed by atoms with Gasteiger partial charge in [-0.1, -0.05) is 20.8 Å². The van der Waals surface area contributed by atoms with E-state index >= 15 is 0 Å². The lowest BCUT2D eigenvalue weighted by Gasteiger charge is -2.17. The summed E-state index contributed by atoms with van der Waals surface area (Å²) in [4.78, 5) is 16.4. The summed E-state index contributed by atoms with van der Waals surface area (Å²) in [6.07, 6.45) is 3.57. The molecule has 0 fully saturated rings. The molecule has 6 heteroatoms. The molecule has 0 aliphatic carbocycles. The van der Waals surface area contributed by atoms with E-state index in [2.05, 4.69) is 10.3 Å². The van der Waals surface area contributed by atoms with Gasteiger partial charge in [0.1, 0.15) is 5.75 Å². The second-order valence-corrected chi connectivity index (χ2v) is 7.61. The van der Waals surface area contributed by atoms with Crippen LogP contribution in [0.1, 0.15) is 20.8 Å². The molecule has 3 aromatic rings. The van der Waals surface area contributed by atoms with Crippen LogP contribution < -0.4 is 10.1 Å². The van der Waals surface area contributed by atoms with Gasteiger partial charge in [0.15, 0.2) is 0 Å². The van der Waals surface area contributed by atoms with Crippen LogP contribution >= 0.6 is 0 Å². The Kier molecular flexibility index (Phi) is 5.78. The molecule has 1 aromatic carbocycles. The SMILES string of the molecule is COc1ccc(-c2cc(-c3cccnc3)n(CCNC(=O)C(C)(C)C)n2)cc1. The first-order valence-electron chi connectivity index (χ1n) is 9.29. The minimum Gasteiger partial charge on any atom is -0.497 e. The predicted octanol–water partition coefficient (Wildman–Crippen LogP) is 3.78. The summed E-state index contributed by atoms with van der Waals surface area (Å²) < 4.78 is 7.15. The predicted molar refractivity (Wildman–Crippen MR) is 110 cm³/mol. The Labute approximate surface area is 165 Å². The summed E-state index contributed by atoms with van der Waals surface area (Å²) >= 11 is 0. The second kappa shape index (κ2) is 8.25. The third-order valence-corrected chi connectivity index (χ3v) is 4.41. The van der Waals surface area contributed by atoms with E-state index in [1.807, 2.05) is 74.1 Å². The standard InChI is InChI=1S/C22H26N4O2/c1-22(2,3)21(27)24-12-13-26-20(17-6-5-11-23-15-17)14-19(25-26)16-7-9-18(28-4)10-8-16/h5-11,14-15H,12-13H2,1-4H3,(H,24,27). The first-order chi connectivity index (χ1) is 13.4. The fourth-order valence-electron chi connectivity index (χ4n) is 2.78. The van der Waals surface area contributed by atoms with E-state index in [0.29, 0.717) is 13.1 Å². The Morgan fingerprint density at radius 3 is 2.50 bits per heavy atom. The highest BCUT2D eigenvalue weighted by Crippen LogP contribution is 2.27. The van der Waals surface area contributed by atoms with Crippen molar-refractivity contribution < 1.29 is 9.53 Å². The zero-order valence-corrected chi connectivity index (χ0v) is 16.8. The molecule has 3 rings (SSSR count). The van der Waals surface area contributed by atoms with Crippen molar-refractivity contribution in [3.05, 3.63) is 54.9 Å². The van der Waals surface area contributed by atoms with Crippen LogP contribution in [0, 0.1) is 5.41 Å². The number of nitrogens with zero attached hydrogens (tertiary/aromatic N) is 3. The molecule has 2 aromatic heterocycles. The third kappa shape index (κ3) is 4.57. The quantitative estimate of drug-likeness (QED) is 0.709. The van der Waals surface area contributed by atoms with Crippen molar-refractivity contribution in [2.45, 2.75) is 27.3 Å². The molecule has 0 spiro atoms. The fraction of sp³-hybridized carbons (Fsp3) is 0.318. The average molecular weight is 378 g/mol. The largest absolute Gasteiger partial charge is 0.497 e. The topological polar surface area (TPSA) is 69.0 Å². The van der Waals surface area contributed by atoms with Crippen molar-refractivity contribution in [1.82, 2.24) is 20.1 Å². The summed E-state index contributed by atoms with van der Waals surface area (Å²) in [5.74, 6) is 0.832. The number of pyridine rings is 1. The van der Waals surface area contributed by atoms with Crippen molar-refractivity contribution in [1.29, 1.82) is 0 Å². The highest BCUT2D eigenvalue weighted by molar-refractivity contribution is 5.81. The third-order valence-electron chi connectivity index (χ3n) is 4.41. The lowest BCUT2D eigenvalue weighted by Crippen LogP contribution is -2.36. The monoisotopic (exact) mass is 378 g/mol. The van der Waals surface area contributed by atoms with Crippen LogP contribution in [-0.2, 0) is 11.3 Å². The van der Waals surface area contributed by atoms with Gasteiger partial charge in [0.2, 0.25) is 5.91 Å². The molecule has 0 unspecified atom stereocenters. The Morgan fingerprint density at radius 2 is 1.89 bits per heavy atom. The molecule has 0 radical (unpaired) electrons. The summed E-state index contributed by atoms with van der Waals surface area (Å²) in [6, 6.07) is 13.8. The summed E-state index contributed by atoms with van der Waals surface area (Å²) in [7, 11) is 1.65. The van der Waals surface area contributed by atoms with Gasteiger partial charge in [0, 0.05) is 35.5 Å². The minimum atomic E-state index is -0.412. The zero-order valence-electron chi connectivity index (χ0n) is 16.8. The first kappa shape index (κ1) is 19.6. The number of methoxy groups -OCH3 is 1. The van der Waals surface area contributed by atoms with Gasteiger partial charge in [0.25, 0.3) is 0 Å². The van der Waals surface area contributed by atoms with Crippen LogP contribution in [0.25, 0.3) is 22.5 Å². The van der Waals surface area contributed by atoms with Crippen LogP contribution in [0.5, 0.6) is 5.75 Å². The lowest BCUT2D eigenvalue weighted by atomic mass is 9.96. The van der Waals surface area contributed by atoms with Gasteiger partial charge in [-0.2, -0.15) is 5.10 Å². The van der Waals surface area contributed by atoms with E-state index in [4.69, 9.17) is 9.84 Å². The van der Waals surface area contributed by atoms with Crippen molar-refractivity contribution in [3.8, 4) is 28.3 Å². The number of benzene rings is 1. The van der Waals surface area contributed by atoms with Gasteiger partial charge in [-0.25, -0.2) is 0 Å². The van der Waals surface area contributed by atoms with E-state index in [1.54, 1.807) is 13.3 Å². The summed E-state index contributed by atoms with van der Waals surface area (Å²) in [5, 5.41) is 7.75. The van der Waals surface area contributed by atoms with Crippen molar-refractivity contribution >= 4 is 5.91 Å². The van der Waals surface area contributed by atoms with E-state index in [-0.39, 0.29) is 5.91 Å². The number of hydrogen-bond acceptors (Lipinski definition) is 4. The van der Waals surface area contributed by atoms with Gasteiger partial charge >= 0.3 is 0 Å². The first-order valence-corrected chi connectivity index (χ1v) is 9.29. The van der Waals surface area contributed by atoms with Gasteiger partial charge in [0.05, 0.1) is 25.0 Å². The Balaban J connectivity index is 1.86. The molecule has 0 aliphatic heterocycles. The molecule has 0 aliphatic rings. The van der Waals surface area contributed by atoms with E-state index < -0.39 is 5.41 Å². The smallest absolute Gasteiger partial charge is 0.225 e. The number of ether oxygens (including phenoxy) is 1. The summed E-state index contributed by atoms with van der Waals surface area (Å²) in [6.45, 7) is 6.78. The van der Waals surface area contributed by atoms with Crippen molar-refractivity contribution in [2.75, 3.05) is 13.7 Å². The van der Waals surface area contributed by atoms with Crippen LogP contribution in [0.2, 0.25) is 0 Å². The van der Waals surface area contributed by atoms with E-state index in [0.717, 1.165) is 28.3 Å². The number of nitrogens with one attached hydrogen (secondary N) is 1. The van der Waals surface area contributed by atoms with Crippen molar-refractivity contribution in [2.24, 2.45) is 5.41 Å². The number of aromatic nitrogens is 3. The molecule has 28 heavy (non-hydrogen) atoms. The molecule has 1 amide bonds. The minimum absolute atomic E-state index is 0.0259. The maximum Gasteiger partial charge on any atom is 0.225 e. The molecular formula is C22H26N4O2. The zero-order chi connectivity index (χ0) is 20.1. The highest BCUT2D eigenvalue weighted by Gasteiger charge is 2.20. The number of hydrogen-bond donors (Lipinski definition) is 1. The Morgan fingerprint density at radius 1 is 1.14 bits per heavy atom. The van der Waals surface area contributed by atoms with Gasteiger partial charge in [-0.15, -0.1) is 0 Å². The number of amides is 1. The lowest BCUT2D eigenvalue weighted by molar-refractivity contribution is -0.128.